The van der Waals surface area contributed by atoms with Crippen molar-refractivity contribution in [1.82, 2.24) is 4.98 Å². The van der Waals surface area contributed by atoms with Gasteiger partial charge in [-0.25, -0.2) is 9.37 Å². The Balaban J connectivity index is 1.71. The smallest absolute Gasteiger partial charge is 0.274 e. The van der Waals surface area contributed by atoms with Gasteiger partial charge in [-0.2, -0.15) is 0 Å². The molecule has 0 aliphatic carbocycles. The molecule has 3 aromatic rings. The molecule has 0 aliphatic heterocycles. The maximum absolute atomic E-state index is 13.6. The molecule has 0 fully saturated rings. The highest BCUT2D eigenvalue weighted by Crippen LogP contribution is 2.27. The Bertz CT molecular complexity index is 898. The van der Waals surface area contributed by atoms with Gasteiger partial charge in [-0.05, 0) is 43.3 Å². The van der Waals surface area contributed by atoms with Gasteiger partial charge in [0.05, 0.1) is 29.9 Å². The molecule has 2 aromatic carbocycles. The fourth-order valence-electron chi connectivity index (χ4n) is 2.36. The van der Waals surface area contributed by atoms with Gasteiger partial charge in [0.1, 0.15) is 17.3 Å². The summed E-state index contributed by atoms with van der Waals surface area (Å²) in [5.74, 6) is -0.237. The van der Waals surface area contributed by atoms with Crippen molar-refractivity contribution >= 4 is 23.0 Å². The standard InChI is InChI=1S/C20H18FN3O2/c1-2-26-19-10-6-5-9-17(19)23-14-11-12-18(22-13-14)20(25)24-16-8-4-3-7-15(16)21/h3-13,23H,2H2,1H3,(H,24,25). The molecule has 0 unspecified atom stereocenters. The molecule has 1 heterocycles. The van der Waals surface area contributed by atoms with Crippen LogP contribution < -0.4 is 15.4 Å². The van der Waals surface area contributed by atoms with E-state index in [1.165, 1.54) is 12.1 Å². The number of para-hydroxylation sites is 3. The Morgan fingerprint density at radius 3 is 2.46 bits per heavy atom. The minimum Gasteiger partial charge on any atom is -0.492 e. The summed E-state index contributed by atoms with van der Waals surface area (Å²) in [6.07, 6.45) is 1.54. The average molecular weight is 351 g/mol. The van der Waals surface area contributed by atoms with Gasteiger partial charge in [0.25, 0.3) is 5.91 Å². The van der Waals surface area contributed by atoms with Crippen molar-refractivity contribution in [3.05, 3.63) is 78.4 Å². The molecule has 0 bridgehead atoms. The molecule has 1 aromatic heterocycles. The lowest BCUT2D eigenvalue weighted by molar-refractivity contribution is 0.102. The molecule has 0 aliphatic rings. The average Bonchev–Trinajstić information content (AvgIpc) is 2.66. The van der Waals surface area contributed by atoms with E-state index >= 15 is 0 Å². The molecular formula is C20H18FN3O2. The van der Waals surface area contributed by atoms with Gasteiger partial charge in [0, 0.05) is 0 Å². The van der Waals surface area contributed by atoms with Crippen LogP contribution in [0.25, 0.3) is 0 Å². The molecule has 2 N–H and O–H groups in total. The predicted molar refractivity (Wildman–Crippen MR) is 99.5 cm³/mol. The molecular weight excluding hydrogens is 333 g/mol. The molecule has 26 heavy (non-hydrogen) atoms. The van der Waals surface area contributed by atoms with Crippen LogP contribution in [0.1, 0.15) is 17.4 Å². The monoisotopic (exact) mass is 351 g/mol. The van der Waals surface area contributed by atoms with Gasteiger partial charge < -0.3 is 15.4 Å². The SMILES string of the molecule is CCOc1ccccc1Nc1ccc(C(=O)Nc2ccccc2F)nc1. The second-order valence-corrected chi connectivity index (χ2v) is 5.42. The summed E-state index contributed by atoms with van der Waals surface area (Å²) in [5.41, 5.74) is 1.82. The van der Waals surface area contributed by atoms with Crippen LogP contribution in [0.3, 0.4) is 0 Å². The number of aromatic nitrogens is 1. The van der Waals surface area contributed by atoms with E-state index in [0.29, 0.717) is 12.3 Å². The summed E-state index contributed by atoms with van der Waals surface area (Å²) >= 11 is 0. The Hall–Kier alpha value is -3.41. The van der Waals surface area contributed by atoms with Crippen LogP contribution in [0.2, 0.25) is 0 Å². The highest BCUT2D eigenvalue weighted by Gasteiger charge is 2.10. The van der Waals surface area contributed by atoms with Crippen LogP contribution >= 0.6 is 0 Å². The number of ether oxygens (including phenoxy) is 1. The molecule has 0 atom stereocenters. The van der Waals surface area contributed by atoms with E-state index in [2.05, 4.69) is 15.6 Å². The number of anilines is 3. The number of hydrogen-bond donors (Lipinski definition) is 2. The Kier molecular flexibility index (Phi) is 5.43. The molecule has 0 saturated heterocycles. The summed E-state index contributed by atoms with van der Waals surface area (Å²) < 4.78 is 19.2. The third-order valence-corrected chi connectivity index (χ3v) is 3.58. The number of carbonyl (C=O) groups excluding carboxylic acids is 1. The molecule has 3 rings (SSSR count). The number of rotatable bonds is 6. The quantitative estimate of drug-likeness (QED) is 0.680. The topological polar surface area (TPSA) is 63.2 Å². The van der Waals surface area contributed by atoms with Gasteiger partial charge in [-0.1, -0.05) is 24.3 Å². The third-order valence-electron chi connectivity index (χ3n) is 3.58. The van der Waals surface area contributed by atoms with E-state index in [9.17, 15) is 9.18 Å². The van der Waals surface area contributed by atoms with Gasteiger partial charge in [0.2, 0.25) is 0 Å². The van der Waals surface area contributed by atoms with E-state index in [1.54, 1.807) is 30.5 Å². The molecule has 0 saturated carbocycles. The van der Waals surface area contributed by atoms with Crippen molar-refractivity contribution in [2.45, 2.75) is 6.92 Å². The highest BCUT2D eigenvalue weighted by atomic mass is 19.1. The summed E-state index contributed by atoms with van der Waals surface area (Å²) in [4.78, 5) is 16.3. The second-order valence-electron chi connectivity index (χ2n) is 5.42. The van der Waals surface area contributed by atoms with Gasteiger partial charge in [-0.15, -0.1) is 0 Å². The lowest BCUT2D eigenvalue weighted by Gasteiger charge is -2.12. The third kappa shape index (κ3) is 4.16. The van der Waals surface area contributed by atoms with Crippen LogP contribution in [0.15, 0.2) is 66.9 Å². The first kappa shape index (κ1) is 17.4. The lowest BCUT2D eigenvalue weighted by Crippen LogP contribution is -2.14. The number of nitrogens with zero attached hydrogens (tertiary/aromatic N) is 1. The number of nitrogens with one attached hydrogen (secondary N) is 2. The van der Waals surface area contributed by atoms with Crippen LogP contribution in [0.5, 0.6) is 5.75 Å². The Morgan fingerprint density at radius 1 is 1.04 bits per heavy atom. The molecule has 1 amide bonds. The first-order chi connectivity index (χ1) is 12.7. The van der Waals surface area contributed by atoms with E-state index in [-0.39, 0.29) is 11.4 Å². The summed E-state index contributed by atoms with van der Waals surface area (Å²) in [6.45, 7) is 2.48. The Labute approximate surface area is 150 Å². The number of amides is 1. The van der Waals surface area contributed by atoms with Crippen LogP contribution in [0, 0.1) is 5.82 Å². The maximum Gasteiger partial charge on any atom is 0.274 e. The second kappa shape index (κ2) is 8.11. The van der Waals surface area contributed by atoms with Crippen molar-refractivity contribution in [3.8, 4) is 5.75 Å². The largest absolute Gasteiger partial charge is 0.492 e. The molecule has 6 heteroatoms. The zero-order valence-corrected chi connectivity index (χ0v) is 14.2. The first-order valence-corrected chi connectivity index (χ1v) is 8.18. The van der Waals surface area contributed by atoms with Crippen molar-refractivity contribution in [2.75, 3.05) is 17.2 Å². The number of carbonyl (C=O) groups is 1. The minimum atomic E-state index is -0.494. The van der Waals surface area contributed by atoms with E-state index in [1.807, 2.05) is 31.2 Å². The molecule has 0 radical (unpaired) electrons. The minimum absolute atomic E-state index is 0.118. The fraction of sp³-hybridized carbons (Fsp3) is 0.100. The van der Waals surface area contributed by atoms with E-state index in [0.717, 1.165) is 11.4 Å². The zero-order chi connectivity index (χ0) is 18.4. The van der Waals surface area contributed by atoms with E-state index in [4.69, 9.17) is 4.74 Å². The lowest BCUT2D eigenvalue weighted by atomic mass is 10.2. The summed E-state index contributed by atoms with van der Waals surface area (Å²) in [5, 5.41) is 5.71. The maximum atomic E-state index is 13.6. The van der Waals surface area contributed by atoms with Crippen molar-refractivity contribution in [1.29, 1.82) is 0 Å². The number of halogens is 1. The zero-order valence-electron chi connectivity index (χ0n) is 14.2. The molecule has 0 spiro atoms. The van der Waals surface area contributed by atoms with Crippen molar-refractivity contribution in [2.24, 2.45) is 0 Å². The highest BCUT2D eigenvalue weighted by molar-refractivity contribution is 6.03. The summed E-state index contributed by atoms with van der Waals surface area (Å²) in [6, 6.07) is 16.8. The molecule has 5 nitrogen and oxygen atoms in total. The van der Waals surface area contributed by atoms with Crippen molar-refractivity contribution in [3.63, 3.8) is 0 Å². The Morgan fingerprint density at radius 2 is 1.77 bits per heavy atom. The number of benzene rings is 2. The predicted octanol–water partition coefficient (Wildman–Crippen LogP) is 4.62. The van der Waals surface area contributed by atoms with E-state index < -0.39 is 11.7 Å². The van der Waals surface area contributed by atoms with Crippen molar-refractivity contribution < 1.29 is 13.9 Å². The molecule has 132 valence electrons. The number of hydrogen-bond acceptors (Lipinski definition) is 4. The number of pyridine rings is 1. The summed E-state index contributed by atoms with van der Waals surface area (Å²) in [7, 11) is 0. The van der Waals surface area contributed by atoms with Gasteiger partial charge in [-0.3, -0.25) is 4.79 Å². The van der Waals surface area contributed by atoms with Crippen LogP contribution in [-0.4, -0.2) is 17.5 Å². The van der Waals surface area contributed by atoms with Crippen LogP contribution in [0.4, 0.5) is 21.5 Å². The van der Waals surface area contributed by atoms with Gasteiger partial charge >= 0.3 is 0 Å². The van der Waals surface area contributed by atoms with Crippen LogP contribution in [-0.2, 0) is 0 Å². The fourth-order valence-corrected chi connectivity index (χ4v) is 2.36. The first-order valence-electron chi connectivity index (χ1n) is 8.18. The normalized spacial score (nSPS) is 10.2. The van der Waals surface area contributed by atoms with Gasteiger partial charge in [0.15, 0.2) is 0 Å².